The highest BCUT2D eigenvalue weighted by Crippen LogP contribution is 2.39. The molecule has 30 heavy (non-hydrogen) atoms. The lowest BCUT2D eigenvalue weighted by Gasteiger charge is -2.30. The smallest absolute Gasteiger partial charge is 0.411 e. The summed E-state index contributed by atoms with van der Waals surface area (Å²) in [5.74, 6) is -0.576. The molecule has 8 heteroatoms. The molecule has 1 aliphatic rings. The third kappa shape index (κ3) is 4.80. The van der Waals surface area contributed by atoms with E-state index < -0.39 is 17.5 Å². The number of halogens is 3. The number of likely N-dealkylation sites (tertiary alicyclic amines) is 1. The van der Waals surface area contributed by atoms with Gasteiger partial charge in [-0.15, -0.1) is 0 Å². The van der Waals surface area contributed by atoms with Gasteiger partial charge in [0.2, 0.25) is 0 Å². The van der Waals surface area contributed by atoms with Gasteiger partial charge in [0.05, 0.1) is 15.6 Å². The number of anilines is 1. The third-order valence-electron chi connectivity index (χ3n) is 4.68. The van der Waals surface area contributed by atoms with Crippen molar-refractivity contribution >= 4 is 35.0 Å². The van der Waals surface area contributed by atoms with Crippen molar-refractivity contribution in [2.45, 2.75) is 45.4 Å². The van der Waals surface area contributed by atoms with Gasteiger partial charge in [0, 0.05) is 17.8 Å². The lowest BCUT2D eigenvalue weighted by Crippen LogP contribution is -2.43. The first kappa shape index (κ1) is 22.2. The first-order valence-corrected chi connectivity index (χ1v) is 10.3. The number of benzene rings is 2. The van der Waals surface area contributed by atoms with E-state index in [0.29, 0.717) is 35.3 Å². The number of nitriles is 1. The van der Waals surface area contributed by atoms with E-state index in [-0.39, 0.29) is 16.2 Å². The van der Waals surface area contributed by atoms with Gasteiger partial charge in [-0.05, 0) is 63.4 Å². The van der Waals surface area contributed by atoms with Crippen LogP contribution < -0.4 is 5.32 Å². The van der Waals surface area contributed by atoms with Gasteiger partial charge in [-0.3, -0.25) is 4.90 Å². The van der Waals surface area contributed by atoms with Crippen molar-refractivity contribution in [3.8, 4) is 17.2 Å². The Kier molecular flexibility index (Phi) is 6.44. The zero-order valence-electron chi connectivity index (χ0n) is 16.9. The van der Waals surface area contributed by atoms with E-state index in [9.17, 15) is 9.18 Å². The molecule has 1 atom stereocenters. The van der Waals surface area contributed by atoms with E-state index in [2.05, 4.69) is 5.32 Å². The number of nitrogens with zero attached hydrogens (tertiary/aromatic N) is 2. The second-order valence-corrected chi connectivity index (χ2v) is 8.85. The molecule has 2 aromatic carbocycles. The SMILES string of the molecule is CC(C)(C)OC(=O)N1CCC[C@H]1Nc1ccc(F)c(Cl)c1-c1ccc(C#N)c(Cl)c1. The molecule has 1 aliphatic heterocycles. The lowest BCUT2D eigenvalue weighted by molar-refractivity contribution is 0.0244. The fraction of sp³-hybridized carbons (Fsp3) is 0.364. The van der Waals surface area contributed by atoms with Crippen molar-refractivity contribution in [1.29, 1.82) is 5.26 Å². The maximum absolute atomic E-state index is 14.3. The second-order valence-electron chi connectivity index (χ2n) is 8.07. The molecule has 0 bridgehead atoms. The first-order chi connectivity index (χ1) is 14.1. The van der Waals surface area contributed by atoms with Crippen molar-refractivity contribution in [2.75, 3.05) is 11.9 Å². The van der Waals surface area contributed by atoms with Gasteiger partial charge < -0.3 is 10.1 Å². The van der Waals surface area contributed by atoms with Crippen molar-refractivity contribution < 1.29 is 13.9 Å². The molecule has 1 saturated heterocycles. The second kappa shape index (κ2) is 8.71. The number of hydrogen-bond donors (Lipinski definition) is 1. The summed E-state index contributed by atoms with van der Waals surface area (Å²) in [4.78, 5) is 14.2. The molecule has 5 nitrogen and oxygen atoms in total. The van der Waals surface area contributed by atoms with Crippen LogP contribution in [0.2, 0.25) is 10.0 Å². The molecule has 0 radical (unpaired) electrons. The number of nitrogens with one attached hydrogen (secondary N) is 1. The van der Waals surface area contributed by atoms with Gasteiger partial charge >= 0.3 is 6.09 Å². The van der Waals surface area contributed by atoms with E-state index in [1.165, 1.54) is 6.07 Å². The zero-order valence-corrected chi connectivity index (χ0v) is 18.4. The first-order valence-electron chi connectivity index (χ1n) is 9.55. The molecule has 3 rings (SSSR count). The summed E-state index contributed by atoms with van der Waals surface area (Å²) in [7, 11) is 0. The van der Waals surface area contributed by atoms with E-state index in [1.807, 2.05) is 26.8 Å². The topological polar surface area (TPSA) is 65.4 Å². The Labute approximate surface area is 185 Å². The minimum absolute atomic E-state index is 0.0670. The highest BCUT2D eigenvalue weighted by Gasteiger charge is 2.33. The van der Waals surface area contributed by atoms with Crippen LogP contribution in [0.4, 0.5) is 14.9 Å². The minimum atomic E-state index is -0.603. The van der Waals surface area contributed by atoms with Crippen LogP contribution in [0.25, 0.3) is 11.1 Å². The predicted molar refractivity (Wildman–Crippen MR) is 116 cm³/mol. The normalized spacial score (nSPS) is 16.3. The lowest BCUT2D eigenvalue weighted by atomic mass is 10.0. The summed E-state index contributed by atoms with van der Waals surface area (Å²) in [5.41, 5.74) is 1.25. The maximum atomic E-state index is 14.3. The predicted octanol–water partition coefficient (Wildman–Crippen LogP) is 6.44. The molecular formula is C22H22Cl2FN3O2. The average molecular weight is 450 g/mol. The van der Waals surface area contributed by atoms with Crippen molar-refractivity contribution in [2.24, 2.45) is 0 Å². The van der Waals surface area contributed by atoms with Gasteiger partial charge in [0.25, 0.3) is 0 Å². The Morgan fingerprint density at radius 2 is 2.03 bits per heavy atom. The van der Waals surface area contributed by atoms with Crippen LogP contribution in [0.1, 0.15) is 39.2 Å². The number of carbonyl (C=O) groups excluding carboxylic acids is 1. The number of rotatable bonds is 3. The molecule has 1 amide bonds. The third-order valence-corrected chi connectivity index (χ3v) is 5.36. The standard InChI is InChI=1S/C22H22Cl2FN3O2/c1-22(2,3)30-21(29)28-10-4-5-18(28)27-17-9-8-16(25)20(24)19(17)13-6-7-14(12-26)15(23)11-13/h6-9,11,18,27H,4-5,10H2,1-3H3/t18-/m0/s1. The van der Waals surface area contributed by atoms with E-state index in [4.69, 9.17) is 33.2 Å². The Balaban J connectivity index is 1.95. The highest BCUT2D eigenvalue weighted by atomic mass is 35.5. The molecule has 0 unspecified atom stereocenters. The summed E-state index contributed by atoms with van der Waals surface area (Å²) >= 11 is 12.5. The molecule has 0 aliphatic carbocycles. The highest BCUT2D eigenvalue weighted by molar-refractivity contribution is 6.35. The molecule has 0 aromatic heterocycles. The molecular weight excluding hydrogens is 428 g/mol. The Bertz CT molecular complexity index is 1010. The average Bonchev–Trinajstić information content (AvgIpc) is 3.12. The molecule has 1 heterocycles. The maximum Gasteiger partial charge on any atom is 0.411 e. The molecule has 158 valence electrons. The Hall–Kier alpha value is -2.49. The Morgan fingerprint density at radius 3 is 2.67 bits per heavy atom. The van der Waals surface area contributed by atoms with E-state index >= 15 is 0 Å². The van der Waals surface area contributed by atoms with Crippen molar-refractivity contribution in [3.05, 3.63) is 51.8 Å². The van der Waals surface area contributed by atoms with Crippen molar-refractivity contribution in [3.63, 3.8) is 0 Å². The van der Waals surface area contributed by atoms with Crippen LogP contribution in [0.5, 0.6) is 0 Å². The summed E-state index contributed by atoms with van der Waals surface area (Å²) in [6, 6.07) is 9.64. The number of carbonyl (C=O) groups is 1. The Morgan fingerprint density at radius 1 is 1.30 bits per heavy atom. The summed E-state index contributed by atoms with van der Waals surface area (Å²) < 4.78 is 19.8. The molecule has 1 fully saturated rings. The summed E-state index contributed by atoms with van der Waals surface area (Å²) in [6.07, 6.45) is 0.786. The molecule has 0 spiro atoms. The quantitative estimate of drug-likeness (QED) is 0.585. The van der Waals surface area contributed by atoms with E-state index in [1.54, 1.807) is 29.2 Å². The number of hydrogen-bond acceptors (Lipinski definition) is 4. The van der Waals surface area contributed by atoms with Gasteiger partial charge in [0.15, 0.2) is 0 Å². The van der Waals surface area contributed by atoms with Crippen LogP contribution in [0.15, 0.2) is 30.3 Å². The van der Waals surface area contributed by atoms with Gasteiger partial charge in [-0.25, -0.2) is 9.18 Å². The van der Waals surface area contributed by atoms with Gasteiger partial charge in [-0.2, -0.15) is 5.26 Å². The van der Waals surface area contributed by atoms with E-state index in [0.717, 1.165) is 6.42 Å². The largest absolute Gasteiger partial charge is 0.444 e. The van der Waals surface area contributed by atoms with Gasteiger partial charge in [-0.1, -0.05) is 29.3 Å². The number of amides is 1. The zero-order chi connectivity index (χ0) is 22.1. The van der Waals surface area contributed by atoms with Crippen LogP contribution in [-0.4, -0.2) is 29.3 Å². The number of ether oxygens (including phenoxy) is 1. The molecule has 0 saturated carbocycles. The fourth-order valence-electron chi connectivity index (χ4n) is 3.35. The molecule has 1 N–H and O–H groups in total. The monoisotopic (exact) mass is 449 g/mol. The summed E-state index contributed by atoms with van der Waals surface area (Å²) in [5, 5.41) is 12.6. The molecule has 2 aromatic rings. The van der Waals surface area contributed by atoms with Crippen LogP contribution >= 0.6 is 23.2 Å². The van der Waals surface area contributed by atoms with Crippen LogP contribution in [0.3, 0.4) is 0 Å². The van der Waals surface area contributed by atoms with Crippen LogP contribution in [-0.2, 0) is 4.74 Å². The van der Waals surface area contributed by atoms with Crippen LogP contribution in [0, 0.1) is 17.1 Å². The van der Waals surface area contributed by atoms with Gasteiger partial charge in [0.1, 0.15) is 23.7 Å². The minimum Gasteiger partial charge on any atom is -0.444 e. The fourth-order valence-corrected chi connectivity index (χ4v) is 3.85. The summed E-state index contributed by atoms with van der Waals surface area (Å²) in [6.45, 7) is 6.00. The van der Waals surface area contributed by atoms with Crippen molar-refractivity contribution in [1.82, 2.24) is 4.90 Å².